The van der Waals surface area contributed by atoms with Crippen molar-refractivity contribution < 1.29 is 18.0 Å². The Bertz CT molecular complexity index is 747. The Kier molecular flexibility index (Phi) is 8.07. The summed E-state index contributed by atoms with van der Waals surface area (Å²) < 4.78 is 45.5. The molecular formula is C20H27FNO3PS. The molecule has 0 aromatic heterocycles. The van der Waals surface area contributed by atoms with Crippen LogP contribution in [-0.2, 0) is 27.1 Å². The second-order valence-corrected chi connectivity index (χ2v) is 11.0. The molecule has 4 nitrogen and oxygen atoms in total. The molecule has 0 saturated heterocycles. The number of benzene rings is 2. The molecule has 2 aromatic rings. The lowest BCUT2D eigenvalue weighted by atomic mass is 9.99. The molecule has 0 saturated carbocycles. The van der Waals surface area contributed by atoms with E-state index in [1.165, 1.54) is 12.1 Å². The summed E-state index contributed by atoms with van der Waals surface area (Å²) in [6.45, 7) is 7.82. The minimum Gasteiger partial charge on any atom is -0.598 e. The third-order valence-electron chi connectivity index (χ3n) is 3.99. The monoisotopic (exact) mass is 411 g/mol. The van der Waals surface area contributed by atoms with Crippen molar-refractivity contribution in [1.29, 1.82) is 0 Å². The van der Waals surface area contributed by atoms with Crippen molar-refractivity contribution in [1.82, 2.24) is 4.72 Å². The van der Waals surface area contributed by atoms with Crippen LogP contribution in [0.1, 0.15) is 50.4 Å². The number of halogens is 1. The maximum atomic E-state index is 13.3. The van der Waals surface area contributed by atoms with Gasteiger partial charge in [0.15, 0.2) is 8.03 Å². The number of hydrogen-bond acceptors (Lipinski definition) is 4. The Balaban J connectivity index is 2.24. The van der Waals surface area contributed by atoms with Gasteiger partial charge in [-0.2, -0.15) is 0 Å². The van der Waals surface area contributed by atoms with Crippen LogP contribution in [0.5, 0.6) is 0 Å². The highest BCUT2D eigenvalue weighted by molar-refractivity contribution is 7.90. The highest BCUT2D eigenvalue weighted by atomic mass is 32.2. The zero-order valence-electron chi connectivity index (χ0n) is 16.1. The van der Waals surface area contributed by atoms with E-state index < -0.39 is 24.1 Å². The van der Waals surface area contributed by atoms with E-state index in [9.17, 15) is 13.5 Å². The van der Waals surface area contributed by atoms with Crippen LogP contribution in [0, 0.1) is 5.82 Å². The molecule has 0 heterocycles. The molecular weight excluding hydrogens is 384 g/mol. The van der Waals surface area contributed by atoms with E-state index in [0.29, 0.717) is 12.8 Å². The van der Waals surface area contributed by atoms with E-state index >= 15 is 0 Å². The molecule has 7 heteroatoms. The van der Waals surface area contributed by atoms with E-state index in [1.54, 1.807) is 12.1 Å². The van der Waals surface area contributed by atoms with Gasteiger partial charge in [-0.15, -0.1) is 4.72 Å². The van der Waals surface area contributed by atoms with Crippen LogP contribution in [-0.4, -0.2) is 15.5 Å². The van der Waals surface area contributed by atoms with Gasteiger partial charge in [0.2, 0.25) is 0 Å². The maximum Gasteiger partial charge on any atom is 0.191 e. The zero-order chi connectivity index (χ0) is 20.0. The smallest absolute Gasteiger partial charge is 0.191 e. The number of nitrogens with one attached hydrogen (secondary N) is 1. The second kappa shape index (κ2) is 9.85. The van der Waals surface area contributed by atoms with Gasteiger partial charge in [0.25, 0.3) is 0 Å². The first kappa shape index (κ1) is 22.1. The Morgan fingerprint density at radius 3 is 2.11 bits per heavy atom. The largest absolute Gasteiger partial charge is 0.598 e. The molecule has 148 valence electrons. The first-order chi connectivity index (χ1) is 12.7. The van der Waals surface area contributed by atoms with E-state index in [1.807, 2.05) is 52.0 Å². The summed E-state index contributed by atoms with van der Waals surface area (Å²) in [6, 6.07) is 13.5. The number of rotatable bonds is 8. The van der Waals surface area contributed by atoms with Gasteiger partial charge in [0, 0.05) is 17.5 Å². The average molecular weight is 411 g/mol. The molecule has 3 atom stereocenters. The fourth-order valence-corrected chi connectivity index (χ4v) is 3.71. The summed E-state index contributed by atoms with van der Waals surface area (Å²) in [6.07, 6.45) is 0.526. The summed E-state index contributed by atoms with van der Waals surface area (Å²) in [5.74, 6) is -0.312. The van der Waals surface area contributed by atoms with E-state index in [2.05, 4.69) is 4.72 Å². The molecule has 0 amide bonds. The van der Waals surface area contributed by atoms with Gasteiger partial charge in [-0.1, -0.05) is 43.3 Å². The van der Waals surface area contributed by atoms with Crippen LogP contribution >= 0.6 is 8.03 Å². The molecule has 0 aliphatic rings. The van der Waals surface area contributed by atoms with Crippen LogP contribution < -0.4 is 4.72 Å². The van der Waals surface area contributed by atoms with Crippen molar-refractivity contribution in [2.75, 3.05) is 6.16 Å². The van der Waals surface area contributed by atoms with Crippen LogP contribution in [0.3, 0.4) is 0 Å². The lowest BCUT2D eigenvalue weighted by Gasteiger charge is -2.28. The van der Waals surface area contributed by atoms with Gasteiger partial charge in [-0.3, -0.25) is 4.57 Å². The zero-order valence-corrected chi connectivity index (χ0v) is 17.9. The standard InChI is InChI=1S/C20H27FNO3PS/c1-5-26(23)25-14-15-6-8-16(9-7-15)19(22-27(24)20(2,3)4)17-10-12-18(21)13-11-17/h6-13,19,22,26H,5,14H2,1-4H3/t19-,27?/m1/s1. The molecule has 1 N–H and O–H groups in total. The first-order valence-corrected chi connectivity index (χ1v) is 11.6. The highest BCUT2D eigenvalue weighted by Gasteiger charge is 2.30. The second-order valence-electron chi connectivity index (χ2n) is 7.24. The summed E-state index contributed by atoms with van der Waals surface area (Å²) in [4.78, 5) is 0. The van der Waals surface area contributed by atoms with Crippen molar-refractivity contribution in [2.24, 2.45) is 0 Å². The van der Waals surface area contributed by atoms with E-state index in [4.69, 9.17) is 4.52 Å². The van der Waals surface area contributed by atoms with Gasteiger partial charge in [0.05, 0.1) is 6.61 Å². The van der Waals surface area contributed by atoms with Crippen molar-refractivity contribution in [3.8, 4) is 0 Å². The fraction of sp³-hybridized carbons (Fsp3) is 0.400. The quantitative estimate of drug-likeness (QED) is 0.492. The molecule has 0 fully saturated rings. The van der Waals surface area contributed by atoms with Gasteiger partial charge in [-0.25, -0.2) is 4.39 Å². The lowest BCUT2D eigenvalue weighted by molar-refractivity contribution is 0.319. The predicted molar refractivity (Wildman–Crippen MR) is 110 cm³/mol. The summed E-state index contributed by atoms with van der Waals surface area (Å²) in [5, 5.41) is 0. The Labute approximate surface area is 164 Å². The summed E-state index contributed by atoms with van der Waals surface area (Å²) in [5.41, 5.74) is 2.65. The van der Waals surface area contributed by atoms with Crippen molar-refractivity contribution in [3.63, 3.8) is 0 Å². The van der Waals surface area contributed by atoms with Crippen molar-refractivity contribution >= 4 is 19.4 Å². The maximum absolute atomic E-state index is 13.3. The Morgan fingerprint density at radius 2 is 1.63 bits per heavy atom. The first-order valence-electron chi connectivity index (χ1n) is 8.88. The van der Waals surface area contributed by atoms with Gasteiger partial charge >= 0.3 is 0 Å². The Hall–Kier alpha value is -1.17. The fourth-order valence-electron chi connectivity index (χ4n) is 2.34. The topological polar surface area (TPSA) is 61.4 Å². The molecule has 2 aromatic carbocycles. The normalized spacial score (nSPS) is 15.3. The molecule has 0 aliphatic carbocycles. The van der Waals surface area contributed by atoms with E-state index in [-0.39, 0.29) is 11.9 Å². The molecule has 27 heavy (non-hydrogen) atoms. The minimum absolute atomic E-state index is 0.300. The lowest BCUT2D eigenvalue weighted by Crippen LogP contribution is -2.41. The number of hydrogen-bond donors (Lipinski definition) is 1. The minimum atomic E-state index is -1.97. The van der Waals surface area contributed by atoms with Crippen molar-refractivity contribution in [2.45, 2.75) is 45.1 Å². The predicted octanol–water partition coefficient (Wildman–Crippen LogP) is 4.98. The molecule has 0 spiro atoms. The molecule has 0 radical (unpaired) electrons. The SMILES string of the molecule is CC[PH](=O)OCc1ccc([C@@H](N[S+]([O-])C(C)(C)C)c2ccc(F)cc2)cc1. The van der Waals surface area contributed by atoms with Crippen LogP contribution in [0.2, 0.25) is 0 Å². The van der Waals surface area contributed by atoms with E-state index in [0.717, 1.165) is 16.7 Å². The third kappa shape index (κ3) is 6.74. The van der Waals surface area contributed by atoms with Crippen LogP contribution in [0.25, 0.3) is 0 Å². The molecule has 0 bridgehead atoms. The average Bonchev–Trinajstić information content (AvgIpc) is 2.64. The van der Waals surface area contributed by atoms with Crippen LogP contribution in [0.15, 0.2) is 48.5 Å². The summed E-state index contributed by atoms with van der Waals surface area (Å²) in [7, 11) is -1.97. The highest BCUT2D eigenvalue weighted by Crippen LogP contribution is 2.28. The molecule has 2 unspecified atom stereocenters. The molecule has 0 aliphatic heterocycles. The van der Waals surface area contributed by atoms with Crippen molar-refractivity contribution in [3.05, 3.63) is 71.0 Å². The summed E-state index contributed by atoms with van der Waals surface area (Å²) >= 11 is -1.30. The third-order valence-corrected chi connectivity index (χ3v) is 6.59. The van der Waals surface area contributed by atoms with Gasteiger partial charge in [-0.05, 0) is 49.6 Å². The van der Waals surface area contributed by atoms with Gasteiger partial charge < -0.3 is 9.08 Å². The molecule has 2 rings (SSSR count). The van der Waals surface area contributed by atoms with Gasteiger partial charge in [0.1, 0.15) is 16.6 Å². The Morgan fingerprint density at radius 1 is 1.11 bits per heavy atom. The van der Waals surface area contributed by atoms with Crippen LogP contribution in [0.4, 0.5) is 4.39 Å².